The van der Waals surface area contributed by atoms with Gasteiger partial charge in [-0.25, -0.2) is 4.98 Å². The van der Waals surface area contributed by atoms with Crippen molar-refractivity contribution in [2.75, 3.05) is 13.7 Å². The van der Waals surface area contributed by atoms with Gasteiger partial charge in [-0.2, -0.15) is 0 Å². The van der Waals surface area contributed by atoms with Crippen molar-refractivity contribution in [2.45, 2.75) is 26.3 Å². The van der Waals surface area contributed by atoms with Gasteiger partial charge in [0.05, 0.1) is 19.3 Å². The summed E-state index contributed by atoms with van der Waals surface area (Å²) in [5.41, 5.74) is 6.66. The largest absolute Gasteiger partial charge is 0.493 e. The van der Waals surface area contributed by atoms with Gasteiger partial charge in [-0.15, -0.1) is 11.3 Å². The molecule has 0 saturated heterocycles. The van der Waals surface area contributed by atoms with E-state index in [0.717, 1.165) is 21.2 Å². The van der Waals surface area contributed by atoms with E-state index in [4.69, 9.17) is 15.2 Å². The topological polar surface area (TPSA) is 57.4 Å². The number of nitrogens with zero attached hydrogens (tertiary/aromatic N) is 1. The highest BCUT2D eigenvalue weighted by molar-refractivity contribution is 7.15. The number of methoxy groups -OCH3 is 1. The van der Waals surface area contributed by atoms with Crippen LogP contribution in [0.15, 0.2) is 24.4 Å². The molecule has 2 N–H and O–H groups in total. The van der Waals surface area contributed by atoms with Crippen molar-refractivity contribution in [1.29, 1.82) is 0 Å². The molecule has 20 heavy (non-hydrogen) atoms. The second-order valence-corrected chi connectivity index (χ2v) is 6.05. The summed E-state index contributed by atoms with van der Waals surface area (Å²) in [5.74, 6) is 1.45. The molecule has 0 radical (unpaired) electrons. The molecule has 0 aliphatic heterocycles. The van der Waals surface area contributed by atoms with Crippen LogP contribution in [0.5, 0.6) is 11.5 Å². The molecule has 1 aromatic carbocycles. The highest BCUT2D eigenvalue weighted by atomic mass is 32.1. The number of para-hydroxylation sites is 1. The number of rotatable bonds is 5. The molecule has 0 spiro atoms. The molecule has 0 amide bonds. The van der Waals surface area contributed by atoms with Crippen LogP contribution < -0.4 is 15.2 Å². The standard InChI is InChI=1S/C15H20N2O2S/c1-5-19-13-10(7-6-8-11(13)18-4)14-17-9-12(20-14)15(2,3)16/h6-9H,5,16H2,1-4H3. The second kappa shape index (κ2) is 5.81. The number of ether oxygens (including phenoxy) is 2. The van der Waals surface area contributed by atoms with Crippen molar-refractivity contribution >= 4 is 11.3 Å². The van der Waals surface area contributed by atoms with Crippen LogP contribution in [0.1, 0.15) is 25.6 Å². The lowest BCUT2D eigenvalue weighted by atomic mass is 10.1. The smallest absolute Gasteiger partial charge is 0.171 e. The maximum absolute atomic E-state index is 6.12. The Kier molecular flexibility index (Phi) is 4.30. The average molecular weight is 292 g/mol. The summed E-state index contributed by atoms with van der Waals surface area (Å²) in [6, 6.07) is 5.81. The second-order valence-electron chi connectivity index (χ2n) is 5.02. The van der Waals surface area contributed by atoms with Crippen LogP contribution in [-0.4, -0.2) is 18.7 Å². The molecule has 0 aliphatic rings. The third-order valence-electron chi connectivity index (χ3n) is 2.86. The van der Waals surface area contributed by atoms with Gasteiger partial charge in [-0.05, 0) is 32.9 Å². The van der Waals surface area contributed by atoms with Crippen molar-refractivity contribution in [2.24, 2.45) is 5.73 Å². The molecule has 0 unspecified atom stereocenters. The molecule has 0 bridgehead atoms. The summed E-state index contributed by atoms with van der Waals surface area (Å²) in [6.45, 7) is 6.47. The Morgan fingerprint density at radius 2 is 2.10 bits per heavy atom. The van der Waals surface area contributed by atoms with E-state index < -0.39 is 0 Å². The predicted octanol–water partition coefficient (Wildman–Crippen LogP) is 3.41. The Morgan fingerprint density at radius 3 is 2.65 bits per heavy atom. The van der Waals surface area contributed by atoms with Gasteiger partial charge in [0.2, 0.25) is 0 Å². The first-order valence-electron chi connectivity index (χ1n) is 6.52. The summed E-state index contributed by atoms with van der Waals surface area (Å²) in [7, 11) is 1.64. The molecule has 0 saturated carbocycles. The number of aromatic nitrogens is 1. The monoisotopic (exact) mass is 292 g/mol. The van der Waals surface area contributed by atoms with E-state index in [1.165, 1.54) is 0 Å². The molecule has 5 heteroatoms. The zero-order valence-electron chi connectivity index (χ0n) is 12.3. The molecule has 108 valence electrons. The van der Waals surface area contributed by atoms with E-state index in [9.17, 15) is 0 Å². The molecular weight excluding hydrogens is 272 g/mol. The highest BCUT2D eigenvalue weighted by Crippen LogP contribution is 2.40. The van der Waals surface area contributed by atoms with Gasteiger partial charge < -0.3 is 15.2 Å². The van der Waals surface area contributed by atoms with E-state index in [-0.39, 0.29) is 5.54 Å². The molecule has 1 aromatic heterocycles. The van der Waals surface area contributed by atoms with Crippen LogP contribution in [0, 0.1) is 0 Å². The van der Waals surface area contributed by atoms with E-state index in [1.807, 2.05) is 45.2 Å². The van der Waals surface area contributed by atoms with E-state index in [1.54, 1.807) is 18.4 Å². The van der Waals surface area contributed by atoms with Gasteiger partial charge in [0, 0.05) is 16.6 Å². The average Bonchev–Trinajstić information content (AvgIpc) is 2.88. The molecule has 1 heterocycles. The van der Waals surface area contributed by atoms with Crippen LogP contribution in [0.25, 0.3) is 10.6 Å². The lowest BCUT2D eigenvalue weighted by molar-refractivity contribution is 0.312. The van der Waals surface area contributed by atoms with Crippen LogP contribution in [0.2, 0.25) is 0 Å². The Bertz CT molecular complexity index is 588. The molecule has 2 rings (SSSR count). The zero-order chi connectivity index (χ0) is 14.8. The summed E-state index contributed by atoms with van der Waals surface area (Å²) < 4.78 is 11.1. The minimum Gasteiger partial charge on any atom is -0.493 e. The fourth-order valence-electron chi connectivity index (χ4n) is 1.83. The SMILES string of the molecule is CCOc1c(OC)cccc1-c1ncc(C(C)(C)N)s1. The van der Waals surface area contributed by atoms with E-state index in [0.29, 0.717) is 12.4 Å². The molecule has 0 aliphatic carbocycles. The number of hydrogen-bond acceptors (Lipinski definition) is 5. The fourth-order valence-corrected chi connectivity index (χ4v) is 2.79. The molecular formula is C15H20N2O2S. The third kappa shape index (κ3) is 2.94. The minimum absolute atomic E-state index is 0.388. The van der Waals surface area contributed by atoms with E-state index in [2.05, 4.69) is 4.98 Å². The molecule has 0 atom stereocenters. The number of hydrogen-bond donors (Lipinski definition) is 1. The van der Waals surface area contributed by atoms with Gasteiger partial charge in [0.1, 0.15) is 5.01 Å². The predicted molar refractivity (Wildman–Crippen MR) is 82.5 cm³/mol. The first kappa shape index (κ1) is 14.8. The van der Waals surface area contributed by atoms with Gasteiger partial charge in [-0.3, -0.25) is 0 Å². The normalized spacial score (nSPS) is 11.4. The Balaban J connectivity index is 2.49. The van der Waals surface area contributed by atoms with Crippen LogP contribution in [-0.2, 0) is 5.54 Å². The lowest BCUT2D eigenvalue weighted by Crippen LogP contribution is -2.27. The summed E-state index contributed by atoms with van der Waals surface area (Å²) >= 11 is 1.58. The summed E-state index contributed by atoms with van der Waals surface area (Å²) in [4.78, 5) is 5.51. The van der Waals surface area contributed by atoms with Crippen molar-refractivity contribution in [3.05, 3.63) is 29.3 Å². The zero-order valence-corrected chi connectivity index (χ0v) is 13.1. The summed E-state index contributed by atoms with van der Waals surface area (Å²) in [5, 5.41) is 0.890. The van der Waals surface area contributed by atoms with Gasteiger partial charge in [0.15, 0.2) is 11.5 Å². The van der Waals surface area contributed by atoms with Crippen molar-refractivity contribution in [3.8, 4) is 22.1 Å². The van der Waals surface area contributed by atoms with Crippen molar-refractivity contribution in [3.63, 3.8) is 0 Å². The molecule has 0 fully saturated rings. The van der Waals surface area contributed by atoms with Crippen molar-refractivity contribution < 1.29 is 9.47 Å². The van der Waals surface area contributed by atoms with Crippen LogP contribution >= 0.6 is 11.3 Å². The van der Waals surface area contributed by atoms with Crippen LogP contribution in [0.4, 0.5) is 0 Å². The first-order valence-corrected chi connectivity index (χ1v) is 7.34. The molecule has 4 nitrogen and oxygen atoms in total. The first-order chi connectivity index (χ1) is 9.47. The highest BCUT2D eigenvalue weighted by Gasteiger charge is 2.20. The number of benzene rings is 1. The third-order valence-corrected chi connectivity index (χ3v) is 4.23. The maximum Gasteiger partial charge on any atom is 0.171 e. The minimum atomic E-state index is -0.388. The van der Waals surface area contributed by atoms with Gasteiger partial charge in [0.25, 0.3) is 0 Å². The van der Waals surface area contributed by atoms with Gasteiger partial charge >= 0.3 is 0 Å². The number of nitrogens with two attached hydrogens (primary N) is 1. The fraction of sp³-hybridized carbons (Fsp3) is 0.400. The van der Waals surface area contributed by atoms with Gasteiger partial charge in [-0.1, -0.05) is 6.07 Å². The summed E-state index contributed by atoms with van der Waals surface area (Å²) in [6.07, 6.45) is 1.83. The Labute approximate surface area is 123 Å². The van der Waals surface area contributed by atoms with Crippen molar-refractivity contribution in [1.82, 2.24) is 4.98 Å². The number of thiazole rings is 1. The maximum atomic E-state index is 6.12. The quantitative estimate of drug-likeness (QED) is 0.917. The molecule has 2 aromatic rings. The Morgan fingerprint density at radius 1 is 1.35 bits per heavy atom. The van der Waals surface area contributed by atoms with Crippen LogP contribution in [0.3, 0.4) is 0 Å². The lowest BCUT2D eigenvalue weighted by Gasteiger charge is -2.15. The Hall–Kier alpha value is -1.59. The van der Waals surface area contributed by atoms with E-state index >= 15 is 0 Å².